The molecule has 1 aromatic carbocycles. The summed E-state index contributed by atoms with van der Waals surface area (Å²) in [6, 6.07) is 5.48. The monoisotopic (exact) mass is 347 g/mol. The van der Waals surface area contributed by atoms with Crippen LogP contribution < -0.4 is 0 Å². The molecule has 6 heteroatoms. The fraction of sp³-hybridized carbons (Fsp3) is 0.389. The average molecular weight is 348 g/mol. The maximum atomic E-state index is 12.8. The first-order chi connectivity index (χ1) is 11.4. The highest BCUT2D eigenvalue weighted by molar-refractivity contribution is 6.30. The van der Waals surface area contributed by atoms with Crippen LogP contribution in [0.4, 0.5) is 0 Å². The van der Waals surface area contributed by atoms with Gasteiger partial charge in [0.05, 0.1) is 19.8 Å². The van der Waals surface area contributed by atoms with Gasteiger partial charge >= 0.3 is 11.9 Å². The number of ether oxygens (including phenoxy) is 2. The van der Waals surface area contributed by atoms with E-state index in [2.05, 4.69) is 4.99 Å². The Labute approximate surface area is 145 Å². The van der Waals surface area contributed by atoms with Gasteiger partial charge in [0.25, 0.3) is 0 Å². The van der Waals surface area contributed by atoms with Gasteiger partial charge in [-0.05, 0) is 43.5 Å². The van der Waals surface area contributed by atoms with E-state index in [1.54, 1.807) is 26.0 Å². The van der Waals surface area contributed by atoms with E-state index in [0.717, 1.165) is 11.1 Å². The second kappa shape index (κ2) is 5.74. The Bertz CT molecular complexity index is 811. The lowest BCUT2D eigenvalue weighted by Gasteiger charge is -2.37. The molecule has 0 spiro atoms. The lowest BCUT2D eigenvalue weighted by atomic mass is 9.67. The summed E-state index contributed by atoms with van der Waals surface area (Å²) in [5, 5.41) is 0.552. The smallest absolute Gasteiger partial charge is 0.336 e. The van der Waals surface area contributed by atoms with Crippen LogP contribution in [0, 0.1) is 5.41 Å². The van der Waals surface area contributed by atoms with E-state index >= 15 is 0 Å². The van der Waals surface area contributed by atoms with Crippen molar-refractivity contribution in [1.82, 2.24) is 0 Å². The summed E-state index contributed by atoms with van der Waals surface area (Å²) in [6.07, 6.45) is 0.417. The minimum Gasteiger partial charge on any atom is -0.468 e. The predicted octanol–water partition coefficient (Wildman–Crippen LogP) is 3.06. The molecule has 0 bridgehead atoms. The molecule has 1 aromatic rings. The topological polar surface area (TPSA) is 65.0 Å². The van der Waals surface area contributed by atoms with E-state index in [-0.39, 0.29) is 0 Å². The Hall–Kier alpha value is -2.14. The van der Waals surface area contributed by atoms with Crippen LogP contribution in [0.5, 0.6) is 0 Å². The van der Waals surface area contributed by atoms with Gasteiger partial charge in [-0.1, -0.05) is 17.7 Å². The zero-order valence-corrected chi connectivity index (χ0v) is 14.7. The molecule has 24 heavy (non-hydrogen) atoms. The summed E-state index contributed by atoms with van der Waals surface area (Å²) in [6.45, 7) is 3.55. The highest BCUT2D eigenvalue weighted by Gasteiger charge is 2.59. The maximum absolute atomic E-state index is 12.8. The number of rotatable bonds is 2. The molecule has 1 aliphatic carbocycles. The van der Waals surface area contributed by atoms with Crippen molar-refractivity contribution in [3.05, 3.63) is 45.6 Å². The maximum Gasteiger partial charge on any atom is 0.336 e. The van der Waals surface area contributed by atoms with Crippen LogP contribution in [-0.2, 0) is 25.5 Å². The highest BCUT2D eigenvalue weighted by atomic mass is 35.5. The van der Waals surface area contributed by atoms with Gasteiger partial charge in [-0.3, -0.25) is 9.79 Å². The van der Waals surface area contributed by atoms with Gasteiger partial charge in [0, 0.05) is 22.3 Å². The van der Waals surface area contributed by atoms with E-state index in [9.17, 15) is 9.59 Å². The van der Waals surface area contributed by atoms with Crippen LogP contribution in [0.1, 0.15) is 30.9 Å². The first-order valence-electron chi connectivity index (χ1n) is 7.58. The summed E-state index contributed by atoms with van der Waals surface area (Å²) < 4.78 is 10.1. The molecule has 2 atom stereocenters. The number of aliphatic imine (C=N–C) groups is 1. The molecule has 3 rings (SSSR count). The minimum atomic E-state index is -1.04. The zero-order chi connectivity index (χ0) is 17.6. The Balaban J connectivity index is 2.33. The number of hydrogen-bond acceptors (Lipinski definition) is 5. The van der Waals surface area contributed by atoms with Gasteiger partial charge in [-0.15, -0.1) is 0 Å². The average Bonchev–Trinajstić information content (AvgIpc) is 2.90. The van der Waals surface area contributed by atoms with E-state index in [0.29, 0.717) is 28.4 Å². The molecule has 1 aliphatic heterocycles. The van der Waals surface area contributed by atoms with Gasteiger partial charge in [0.2, 0.25) is 0 Å². The van der Waals surface area contributed by atoms with Crippen LogP contribution in [0.3, 0.4) is 0 Å². The SMILES string of the molecule is COC(=O)C1=C(C)N=C(C)C2(C(=O)OC)Cc3ccc(Cl)cc3C12. The molecule has 5 nitrogen and oxygen atoms in total. The van der Waals surface area contributed by atoms with Gasteiger partial charge in [-0.2, -0.15) is 0 Å². The number of halogens is 1. The standard InChI is InChI=1S/C18H18ClNO4/c1-9-14(16(21)23-3)15-13-7-12(19)6-5-11(13)8-18(15,10(2)20-9)17(22)24-4/h5-7,15H,8H2,1-4H3. The Kier molecular flexibility index (Phi) is 4.00. The molecule has 0 fully saturated rings. The molecule has 0 saturated carbocycles. The Morgan fingerprint density at radius 2 is 1.96 bits per heavy atom. The van der Waals surface area contributed by atoms with Crippen molar-refractivity contribution in [2.24, 2.45) is 10.4 Å². The number of allylic oxidation sites excluding steroid dienone is 1. The number of fused-ring (bicyclic) bond motifs is 3. The van der Waals surface area contributed by atoms with Crippen LogP contribution in [-0.4, -0.2) is 31.9 Å². The van der Waals surface area contributed by atoms with Crippen LogP contribution >= 0.6 is 11.6 Å². The van der Waals surface area contributed by atoms with Crippen molar-refractivity contribution >= 4 is 29.3 Å². The van der Waals surface area contributed by atoms with Crippen LogP contribution in [0.15, 0.2) is 34.5 Å². The number of carbonyl (C=O) groups is 2. The molecule has 0 aromatic heterocycles. The number of carbonyl (C=O) groups excluding carboxylic acids is 2. The molecule has 0 N–H and O–H groups in total. The molecule has 1 heterocycles. The second-order valence-corrected chi connectivity index (χ2v) is 6.54. The molecular weight excluding hydrogens is 330 g/mol. The third-order valence-corrected chi connectivity index (χ3v) is 5.23. The molecule has 2 unspecified atom stereocenters. The summed E-state index contributed by atoms with van der Waals surface area (Å²) in [5.74, 6) is -1.41. The van der Waals surface area contributed by atoms with Gasteiger partial charge in [0.15, 0.2) is 0 Å². The molecule has 126 valence electrons. The van der Waals surface area contributed by atoms with Crippen molar-refractivity contribution in [2.75, 3.05) is 14.2 Å². The minimum absolute atomic E-state index is 0.384. The molecular formula is C18H18ClNO4. The quantitative estimate of drug-likeness (QED) is 0.771. The largest absolute Gasteiger partial charge is 0.468 e. The molecule has 0 saturated heterocycles. The van der Waals surface area contributed by atoms with E-state index < -0.39 is 23.3 Å². The number of nitrogens with zero attached hydrogens (tertiary/aromatic N) is 1. The van der Waals surface area contributed by atoms with Gasteiger partial charge < -0.3 is 9.47 Å². The summed E-state index contributed by atoms with van der Waals surface area (Å²) in [4.78, 5) is 29.7. The Morgan fingerprint density at radius 1 is 1.25 bits per heavy atom. The van der Waals surface area contributed by atoms with Crippen LogP contribution in [0.25, 0.3) is 0 Å². The van der Waals surface area contributed by atoms with E-state index in [1.165, 1.54) is 14.2 Å². The number of methoxy groups -OCH3 is 2. The van der Waals surface area contributed by atoms with Gasteiger partial charge in [0.1, 0.15) is 5.41 Å². The van der Waals surface area contributed by atoms with Crippen molar-refractivity contribution in [2.45, 2.75) is 26.2 Å². The highest BCUT2D eigenvalue weighted by Crippen LogP contribution is 2.56. The predicted molar refractivity (Wildman–Crippen MR) is 90.2 cm³/mol. The third kappa shape index (κ3) is 2.11. The summed E-state index contributed by atoms with van der Waals surface area (Å²) in [7, 11) is 2.67. The molecule has 0 amide bonds. The van der Waals surface area contributed by atoms with Crippen molar-refractivity contribution in [1.29, 1.82) is 0 Å². The van der Waals surface area contributed by atoms with E-state index in [1.807, 2.05) is 6.07 Å². The van der Waals surface area contributed by atoms with Crippen molar-refractivity contribution in [3.8, 4) is 0 Å². The normalized spacial score (nSPS) is 24.9. The molecule has 0 radical (unpaired) electrons. The summed E-state index contributed by atoms with van der Waals surface area (Å²) >= 11 is 6.17. The molecule has 2 aliphatic rings. The van der Waals surface area contributed by atoms with Crippen molar-refractivity contribution < 1.29 is 19.1 Å². The lowest BCUT2D eigenvalue weighted by Crippen LogP contribution is -2.46. The summed E-state index contributed by atoms with van der Waals surface area (Å²) in [5.41, 5.74) is 2.34. The second-order valence-electron chi connectivity index (χ2n) is 6.10. The third-order valence-electron chi connectivity index (χ3n) is 5.00. The fourth-order valence-corrected chi connectivity index (χ4v) is 4.10. The fourth-order valence-electron chi connectivity index (χ4n) is 3.92. The number of benzene rings is 1. The van der Waals surface area contributed by atoms with Gasteiger partial charge in [-0.25, -0.2) is 4.79 Å². The van der Waals surface area contributed by atoms with Crippen molar-refractivity contribution in [3.63, 3.8) is 0 Å². The zero-order valence-electron chi connectivity index (χ0n) is 14.0. The number of esters is 2. The first-order valence-corrected chi connectivity index (χ1v) is 7.96. The Morgan fingerprint density at radius 3 is 2.58 bits per heavy atom. The van der Waals surface area contributed by atoms with E-state index in [4.69, 9.17) is 21.1 Å². The van der Waals surface area contributed by atoms with Crippen LogP contribution in [0.2, 0.25) is 5.02 Å². The lowest BCUT2D eigenvalue weighted by molar-refractivity contribution is -0.149. The number of hydrogen-bond donors (Lipinski definition) is 0. The first kappa shape index (κ1) is 16.7.